The van der Waals surface area contributed by atoms with Gasteiger partial charge in [-0.15, -0.1) is 5.10 Å². The Hall–Kier alpha value is -2.38. The monoisotopic (exact) mass is 377 g/mol. The average Bonchev–Trinajstić information content (AvgIpc) is 3.00. The molecule has 0 radical (unpaired) electrons. The number of amidine groups is 1. The second kappa shape index (κ2) is 8.13. The van der Waals surface area contributed by atoms with Crippen LogP contribution in [0.2, 0.25) is 5.02 Å². The number of carbonyl (C=O) groups excluding carboxylic acids is 1. The number of ether oxygens (including phenoxy) is 1. The van der Waals surface area contributed by atoms with E-state index in [4.69, 9.17) is 16.3 Å². The zero-order valence-corrected chi connectivity index (χ0v) is 14.5. The Bertz CT molecular complexity index is 858. The van der Waals surface area contributed by atoms with Crippen LogP contribution >= 0.6 is 23.4 Å². The standard InChI is InChI=1S/C17H13ClFN3O2S/c18-13-5-4-12(15(19)7-13)9-24-14-3-1-2-11(6-14)8-20-22-17-21-16(23)10-25-17/h1-8H,9-10H2,(H,21,22,23). The Morgan fingerprint density at radius 2 is 2.20 bits per heavy atom. The van der Waals surface area contributed by atoms with Crippen LogP contribution in [-0.4, -0.2) is 23.0 Å². The maximum Gasteiger partial charge on any atom is 0.236 e. The second-order valence-corrected chi connectivity index (χ2v) is 6.48. The highest BCUT2D eigenvalue weighted by Gasteiger charge is 2.15. The van der Waals surface area contributed by atoms with E-state index in [-0.39, 0.29) is 12.5 Å². The van der Waals surface area contributed by atoms with Gasteiger partial charge in [0.2, 0.25) is 5.91 Å². The molecular formula is C17H13ClFN3O2S. The minimum atomic E-state index is -0.405. The molecule has 1 heterocycles. The van der Waals surface area contributed by atoms with E-state index >= 15 is 0 Å². The van der Waals surface area contributed by atoms with Gasteiger partial charge < -0.3 is 10.1 Å². The van der Waals surface area contributed by atoms with Crippen LogP contribution in [-0.2, 0) is 11.4 Å². The molecule has 5 nitrogen and oxygen atoms in total. The number of nitrogens with one attached hydrogen (secondary N) is 1. The highest BCUT2D eigenvalue weighted by molar-refractivity contribution is 8.15. The summed E-state index contributed by atoms with van der Waals surface area (Å²) in [6.45, 7) is 0.0918. The van der Waals surface area contributed by atoms with Gasteiger partial charge in [-0.05, 0) is 29.8 Å². The van der Waals surface area contributed by atoms with E-state index in [0.29, 0.717) is 27.3 Å². The zero-order chi connectivity index (χ0) is 17.6. The summed E-state index contributed by atoms with van der Waals surface area (Å²) in [6.07, 6.45) is 1.55. The first-order valence-electron chi connectivity index (χ1n) is 7.30. The van der Waals surface area contributed by atoms with Crippen LogP contribution in [0.25, 0.3) is 0 Å². The first-order valence-corrected chi connectivity index (χ1v) is 8.67. The van der Waals surface area contributed by atoms with Crippen molar-refractivity contribution in [2.24, 2.45) is 10.2 Å². The first kappa shape index (κ1) is 17.4. The lowest BCUT2D eigenvalue weighted by molar-refractivity contribution is -0.116. The van der Waals surface area contributed by atoms with E-state index in [1.165, 1.54) is 17.8 Å². The quantitative estimate of drug-likeness (QED) is 0.639. The van der Waals surface area contributed by atoms with E-state index in [0.717, 1.165) is 5.56 Å². The van der Waals surface area contributed by atoms with Crippen LogP contribution in [0.15, 0.2) is 52.7 Å². The molecule has 0 bridgehead atoms. The van der Waals surface area contributed by atoms with Crippen molar-refractivity contribution in [3.63, 3.8) is 0 Å². The predicted octanol–water partition coefficient (Wildman–Crippen LogP) is 3.61. The third-order valence-corrected chi connectivity index (χ3v) is 4.31. The van der Waals surface area contributed by atoms with Crippen LogP contribution in [0.4, 0.5) is 4.39 Å². The SMILES string of the molecule is O=C1CSC(=NN=Cc2cccc(OCc3ccc(Cl)cc3F)c2)N1. The number of benzene rings is 2. The van der Waals surface area contributed by atoms with Crippen molar-refractivity contribution < 1.29 is 13.9 Å². The highest BCUT2D eigenvalue weighted by atomic mass is 35.5. The Morgan fingerprint density at radius 1 is 1.32 bits per heavy atom. The molecule has 0 unspecified atom stereocenters. The molecule has 1 saturated heterocycles. The van der Waals surface area contributed by atoms with Crippen molar-refractivity contribution in [2.45, 2.75) is 6.61 Å². The van der Waals surface area contributed by atoms with Crippen molar-refractivity contribution in [3.05, 3.63) is 64.4 Å². The van der Waals surface area contributed by atoms with Crippen LogP contribution in [0.5, 0.6) is 5.75 Å². The van der Waals surface area contributed by atoms with E-state index in [9.17, 15) is 9.18 Å². The van der Waals surface area contributed by atoms with Crippen molar-refractivity contribution in [1.82, 2.24) is 5.32 Å². The molecule has 0 atom stereocenters. The summed E-state index contributed by atoms with van der Waals surface area (Å²) in [4.78, 5) is 11.0. The fourth-order valence-electron chi connectivity index (χ4n) is 2.01. The van der Waals surface area contributed by atoms with E-state index < -0.39 is 5.82 Å². The van der Waals surface area contributed by atoms with Crippen LogP contribution in [0, 0.1) is 5.82 Å². The van der Waals surface area contributed by atoms with Gasteiger partial charge in [-0.1, -0.05) is 41.6 Å². The maximum absolute atomic E-state index is 13.7. The Kier molecular flexibility index (Phi) is 5.67. The van der Waals surface area contributed by atoms with Gasteiger partial charge in [0.05, 0.1) is 12.0 Å². The summed E-state index contributed by atoms with van der Waals surface area (Å²) in [7, 11) is 0. The average molecular weight is 378 g/mol. The third-order valence-electron chi connectivity index (χ3n) is 3.21. The second-order valence-electron chi connectivity index (χ2n) is 5.08. The van der Waals surface area contributed by atoms with Gasteiger partial charge in [-0.2, -0.15) is 5.10 Å². The molecule has 1 amide bonds. The van der Waals surface area contributed by atoms with Crippen molar-refractivity contribution in [1.29, 1.82) is 0 Å². The Labute approximate surface area is 152 Å². The number of nitrogens with zero attached hydrogens (tertiary/aromatic N) is 2. The molecule has 0 aliphatic carbocycles. The molecule has 128 valence electrons. The van der Waals surface area contributed by atoms with E-state index in [1.807, 2.05) is 6.07 Å². The van der Waals surface area contributed by atoms with Crippen LogP contribution in [0.3, 0.4) is 0 Å². The van der Waals surface area contributed by atoms with Crippen LogP contribution < -0.4 is 10.1 Å². The third kappa shape index (κ3) is 5.04. The summed E-state index contributed by atoms with van der Waals surface area (Å²) in [5, 5.41) is 11.3. The van der Waals surface area contributed by atoms with Crippen molar-refractivity contribution in [3.8, 4) is 5.75 Å². The zero-order valence-electron chi connectivity index (χ0n) is 12.9. The van der Waals surface area contributed by atoms with Crippen LogP contribution in [0.1, 0.15) is 11.1 Å². The number of thioether (sulfide) groups is 1. The largest absolute Gasteiger partial charge is 0.489 e. The summed E-state index contributed by atoms with van der Waals surface area (Å²) >= 11 is 7.03. The molecule has 8 heteroatoms. The smallest absolute Gasteiger partial charge is 0.236 e. The topological polar surface area (TPSA) is 63.0 Å². The molecule has 1 aliphatic rings. The Balaban J connectivity index is 1.62. The molecule has 1 aliphatic heterocycles. The van der Waals surface area contributed by atoms with Gasteiger partial charge in [0.15, 0.2) is 5.17 Å². The van der Waals surface area contributed by atoms with Gasteiger partial charge in [0, 0.05) is 10.6 Å². The molecule has 2 aromatic carbocycles. The van der Waals surface area contributed by atoms with Gasteiger partial charge in [-0.25, -0.2) is 4.39 Å². The van der Waals surface area contributed by atoms with Crippen molar-refractivity contribution >= 4 is 40.7 Å². The lowest BCUT2D eigenvalue weighted by Gasteiger charge is -2.08. The van der Waals surface area contributed by atoms with Crippen molar-refractivity contribution in [2.75, 3.05) is 5.75 Å². The number of amides is 1. The predicted molar refractivity (Wildman–Crippen MR) is 97.8 cm³/mol. The summed E-state index contributed by atoms with van der Waals surface area (Å²) < 4.78 is 19.3. The normalized spacial score (nSPS) is 15.8. The fourth-order valence-corrected chi connectivity index (χ4v) is 2.80. The van der Waals surface area contributed by atoms with E-state index in [1.54, 1.807) is 36.5 Å². The highest BCUT2D eigenvalue weighted by Crippen LogP contribution is 2.18. The van der Waals surface area contributed by atoms with Gasteiger partial charge in [0.1, 0.15) is 18.2 Å². The molecule has 3 rings (SSSR count). The molecule has 0 saturated carbocycles. The number of halogens is 2. The first-order chi connectivity index (χ1) is 12.1. The van der Waals surface area contributed by atoms with E-state index in [2.05, 4.69) is 15.5 Å². The maximum atomic E-state index is 13.7. The summed E-state index contributed by atoms with van der Waals surface area (Å²) in [5.41, 5.74) is 1.19. The molecule has 2 aromatic rings. The summed E-state index contributed by atoms with van der Waals surface area (Å²) in [5.74, 6) is 0.453. The number of hydrogen-bond acceptors (Lipinski definition) is 5. The lowest BCUT2D eigenvalue weighted by Crippen LogP contribution is -2.19. The number of carbonyl (C=O) groups is 1. The summed E-state index contributed by atoms with van der Waals surface area (Å²) in [6, 6.07) is 11.6. The molecule has 25 heavy (non-hydrogen) atoms. The fraction of sp³-hybridized carbons (Fsp3) is 0.118. The molecule has 0 spiro atoms. The van der Waals surface area contributed by atoms with Gasteiger partial charge >= 0.3 is 0 Å². The minimum absolute atomic E-state index is 0.0798. The molecule has 0 aromatic heterocycles. The molecule has 1 N–H and O–H groups in total. The number of hydrogen-bond donors (Lipinski definition) is 1. The lowest BCUT2D eigenvalue weighted by atomic mass is 10.2. The number of rotatable bonds is 5. The van der Waals surface area contributed by atoms with Gasteiger partial charge in [0.25, 0.3) is 0 Å². The molecular weight excluding hydrogens is 365 g/mol. The Morgan fingerprint density at radius 3 is 2.96 bits per heavy atom. The molecule has 1 fully saturated rings. The van der Waals surface area contributed by atoms with Gasteiger partial charge in [-0.3, -0.25) is 4.79 Å². The minimum Gasteiger partial charge on any atom is -0.489 e.